The predicted molar refractivity (Wildman–Crippen MR) is 136 cm³/mol. The van der Waals surface area contributed by atoms with Gasteiger partial charge in [-0.25, -0.2) is 17.5 Å². The Morgan fingerprint density at radius 3 is 2.31 bits per heavy atom. The van der Waals surface area contributed by atoms with Crippen LogP contribution in [0.1, 0.15) is 33.8 Å². The van der Waals surface area contributed by atoms with Crippen LogP contribution in [0.2, 0.25) is 0 Å². The number of rotatable bonds is 6. The number of nitrogens with one attached hydrogen (secondary N) is 2. The Balaban J connectivity index is 1.53. The van der Waals surface area contributed by atoms with Crippen molar-refractivity contribution < 1.29 is 27.2 Å². The van der Waals surface area contributed by atoms with Crippen molar-refractivity contribution in [2.45, 2.75) is 24.1 Å². The van der Waals surface area contributed by atoms with Crippen LogP contribution in [0.5, 0.6) is 0 Å². The Kier molecular flexibility index (Phi) is 7.14. The molecule has 1 fully saturated rings. The second kappa shape index (κ2) is 10.1. The third kappa shape index (κ3) is 5.42. The zero-order valence-electron chi connectivity index (χ0n) is 19.3. The molecule has 1 aliphatic heterocycles. The van der Waals surface area contributed by atoms with Crippen molar-refractivity contribution in [3.63, 3.8) is 0 Å². The molecule has 8 nitrogen and oxygen atoms in total. The number of aryl methyl sites for hydroxylation is 1. The van der Waals surface area contributed by atoms with E-state index in [1.54, 1.807) is 30.0 Å². The Morgan fingerprint density at radius 1 is 1.03 bits per heavy atom. The first kappa shape index (κ1) is 25.4. The van der Waals surface area contributed by atoms with Gasteiger partial charge in [0, 0.05) is 23.9 Å². The number of anilines is 2. The van der Waals surface area contributed by atoms with Crippen LogP contribution >= 0.6 is 11.8 Å². The van der Waals surface area contributed by atoms with Gasteiger partial charge in [0.25, 0.3) is 15.9 Å². The van der Waals surface area contributed by atoms with Gasteiger partial charge in [0.2, 0.25) is 11.8 Å². The number of carbonyl (C=O) groups is 3. The summed E-state index contributed by atoms with van der Waals surface area (Å²) >= 11 is 1.41. The third-order valence-electron chi connectivity index (χ3n) is 5.45. The summed E-state index contributed by atoms with van der Waals surface area (Å²) in [5.41, 5.74) is 2.47. The third-order valence-corrected chi connectivity index (χ3v) is 8.01. The highest BCUT2D eigenvalue weighted by Gasteiger charge is 2.35. The molecule has 0 aromatic heterocycles. The maximum absolute atomic E-state index is 13.4. The van der Waals surface area contributed by atoms with E-state index in [2.05, 4.69) is 5.32 Å². The van der Waals surface area contributed by atoms with E-state index in [0.29, 0.717) is 16.9 Å². The molecule has 3 aromatic rings. The van der Waals surface area contributed by atoms with Crippen molar-refractivity contribution >= 4 is 50.9 Å². The molecule has 0 radical (unpaired) electrons. The number of thioether (sulfide) groups is 1. The molecule has 3 amide bonds. The van der Waals surface area contributed by atoms with Gasteiger partial charge >= 0.3 is 0 Å². The molecule has 11 heteroatoms. The number of amides is 3. The highest BCUT2D eigenvalue weighted by atomic mass is 32.2. The Morgan fingerprint density at radius 2 is 1.69 bits per heavy atom. The smallest absolute Gasteiger partial charge is 0.265 e. The molecule has 1 heterocycles. The van der Waals surface area contributed by atoms with Crippen molar-refractivity contribution in [2.75, 3.05) is 16.0 Å². The summed E-state index contributed by atoms with van der Waals surface area (Å²) in [5, 5.41) is 2.19. The number of sulfonamides is 1. The highest BCUT2D eigenvalue weighted by molar-refractivity contribution is 8.00. The number of benzene rings is 3. The zero-order valence-corrected chi connectivity index (χ0v) is 21.0. The summed E-state index contributed by atoms with van der Waals surface area (Å²) in [6, 6.07) is 15.9. The van der Waals surface area contributed by atoms with Gasteiger partial charge in [0.15, 0.2) is 0 Å². The molecule has 1 atom stereocenters. The maximum Gasteiger partial charge on any atom is 0.265 e. The van der Waals surface area contributed by atoms with Gasteiger partial charge in [0.05, 0.1) is 10.6 Å². The van der Waals surface area contributed by atoms with Crippen LogP contribution < -0.4 is 14.9 Å². The van der Waals surface area contributed by atoms with Crippen LogP contribution in [0, 0.1) is 12.7 Å². The number of hydrogen-bond acceptors (Lipinski definition) is 6. The standard InChI is InChI=1S/C25H22FN3O5S2/c1-15-13-18(24(32)28-36(33,34)21-10-8-20(9-11-21)27-16(2)30)5-12-22(15)29-23(31)14-35-25(29)17-3-6-19(26)7-4-17/h3-13,25H,14H2,1-2H3,(H,27,30)(H,28,32). The van der Waals surface area contributed by atoms with E-state index in [0.717, 1.165) is 5.56 Å². The Labute approximate surface area is 211 Å². The highest BCUT2D eigenvalue weighted by Crippen LogP contribution is 2.42. The lowest BCUT2D eigenvalue weighted by Crippen LogP contribution is -2.31. The molecule has 4 rings (SSSR count). The van der Waals surface area contributed by atoms with Crippen molar-refractivity contribution in [2.24, 2.45) is 0 Å². The first-order valence-electron chi connectivity index (χ1n) is 10.8. The zero-order chi connectivity index (χ0) is 26.0. The molecule has 2 N–H and O–H groups in total. The van der Waals surface area contributed by atoms with E-state index in [4.69, 9.17) is 0 Å². The van der Waals surface area contributed by atoms with Gasteiger partial charge in [-0.15, -0.1) is 11.8 Å². The van der Waals surface area contributed by atoms with Crippen molar-refractivity contribution in [1.82, 2.24) is 4.72 Å². The monoisotopic (exact) mass is 527 g/mol. The summed E-state index contributed by atoms with van der Waals surface area (Å²) in [7, 11) is -4.16. The van der Waals surface area contributed by atoms with Gasteiger partial charge in [0.1, 0.15) is 11.2 Å². The fourth-order valence-electron chi connectivity index (χ4n) is 3.79. The Bertz CT molecular complexity index is 1440. The molecule has 1 unspecified atom stereocenters. The summed E-state index contributed by atoms with van der Waals surface area (Å²) in [4.78, 5) is 38.0. The molecule has 36 heavy (non-hydrogen) atoms. The second-order valence-electron chi connectivity index (χ2n) is 8.12. The lowest BCUT2D eigenvalue weighted by Gasteiger charge is -2.26. The fourth-order valence-corrected chi connectivity index (χ4v) is 5.93. The molecular weight excluding hydrogens is 505 g/mol. The van der Waals surface area contributed by atoms with E-state index < -0.39 is 15.9 Å². The lowest BCUT2D eigenvalue weighted by atomic mass is 10.1. The van der Waals surface area contributed by atoms with Crippen LogP contribution in [0.15, 0.2) is 71.6 Å². The van der Waals surface area contributed by atoms with Crippen LogP contribution in [0.25, 0.3) is 0 Å². The number of halogens is 1. The van der Waals surface area contributed by atoms with Crippen molar-refractivity contribution in [3.8, 4) is 0 Å². The number of hydrogen-bond donors (Lipinski definition) is 2. The van der Waals surface area contributed by atoms with E-state index in [-0.39, 0.29) is 39.2 Å². The van der Waals surface area contributed by atoms with E-state index in [1.807, 2.05) is 4.72 Å². The van der Waals surface area contributed by atoms with Gasteiger partial charge < -0.3 is 5.32 Å². The lowest BCUT2D eigenvalue weighted by molar-refractivity contribution is -0.116. The summed E-state index contributed by atoms with van der Waals surface area (Å²) in [5.74, 6) is -1.36. The predicted octanol–water partition coefficient (Wildman–Crippen LogP) is 3.99. The minimum Gasteiger partial charge on any atom is -0.326 e. The van der Waals surface area contributed by atoms with E-state index >= 15 is 0 Å². The first-order valence-corrected chi connectivity index (χ1v) is 13.3. The fraction of sp³-hybridized carbons (Fsp3) is 0.160. The van der Waals surface area contributed by atoms with Crippen LogP contribution in [0.3, 0.4) is 0 Å². The van der Waals surface area contributed by atoms with Gasteiger partial charge in [-0.1, -0.05) is 12.1 Å². The Hall–Kier alpha value is -3.70. The normalized spacial score (nSPS) is 15.6. The average Bonchev–Trinajstić information content (AvgIpc) is 3.20. The molecule has 1 aliphatic rings. The maximum atomic E-state index is 13.4. The molecule has 0 saturated carbocycles. The minimum absolute atomic E-state index is 0.104. The number of carbonyl (C=O) groups excluding carboxylic acids is 3. The summed E-state index contributed by atoms with van der Waals surface area (Å²) in [6.45, 7) is 3.05. The SMILES string of the molecule is CC(=O)Nc1ccc(S(=O)(=O)NC(=O)c2ccc(N3C(=O)CSC3c3ccc(F)cc3)c(C)c2)cc1. The van der Waals surface area contributed by atoms with E-state index in [1.165, 1.54) is 67.2 Å². The van der Waals surface area contributed by atoms with Gasteiger partial charge in [-0.2, -0.15) is 0 Å². The minimum atomic E-state index is -4.16. The van der Waals surface area contributed by atoms with E-state index in [9.17, 15) is 27.2 Å². The molecule has 0 bridgehead atoms. The van der Waals surface area contributed by atoms with Crippen LogP contribution in [-0.2, 0) is 19.6 Å². The van der Waals surface area contributed by atoms with Gasteiger partial charge in [-0.3, -0.25) is 19.3 Å². The largest absolute Gasteiger partial charge is 0.326 e. The quantitative estimate of drug-likeness (QED) is 0.501. The molecule has 3 aromatic carbocycles. The number of nitrogens with zero attached hydrogens (tertiary/aromatic N) is 1. The summed E-state index contributed by atoms with van der Waals surface area (Å²) in [6.07, 6.45) is 0. The molecule has 1 saturated heterocycles. The van der Waals surface area contributed by atoms with Crippen LogP contribution in [0.4, 0.5) is 15.8 Å². The average molecular weight is 528 g/mol. The molecule has 0 spiro atoms. The van der Waals surface area contributed by atoms with Crippen molar-refractivity contribution in [3.05, 3.63) is 89.2 Å². The van der Waals surface area contributed by atoms with Crippen LogP contribution in [-0.4, -0.2) is 31.9 Å². The molecule has 186 valence electrons. The first-order chi connectivity index (χ1) is 17.0. The van der Waals surface area contributed by atoms with Crippen molar-refractivity contribution in [1.29, 1.82) is 0 Å². The molecule has 0 aliphatic carbocycles. The summed E-state index contributed by atoms with van der Waals surface area (Å²) < 4.78 is 40.8. The van der Waals surface area contributed by atoms with Gasteiger partial charge in [-0.05, 0) is 72.6 Å². The second-order valence-corrected chi connectivity index (χ2v) is 10.9. The topological polar surface area (TPSA) is 113 Å². The molecular formula is C25H22FN3O5S2.